The Hall–Kier alpha value is -2.03. The van der Waals surface area contributed by atoms with Crippen LogP contribution in [0.5, 0.6) is 0 Å². The number of rotatable bonds is 2. The first-order valence-electron chi connectivity index (χ1n) is 7.03. The first kappa shape index (κ1) is 13.9. The number of para-hydroxylation sites is 1. The third kappa shape index (κ3) is 3.54. The zero-order valence-corrected chi connectivity index (χ0v) is 12.6. The van der Waals surface area contributed by atoms with Gasteiger partial charge in [-0.25, -0.2) is 4.98 Å². The quantitative estimate of drug-likeness (QED) is 0.679. The number of aromatic nitrogens is 1. The van der Waals surface area contributed by atoms with Crippen LogP contribution in [0.15, 0.2) is 35.8 Å². The predicted octanol–water partition coefficient (Wildman–Crippen LogP) is 1.90. The highest BCUT2D eigenvalue weighted by Gasteiger charge is 2.17. The number of hydrogen-bond donors (Lipinski definition) is 1. The Morgan fingerprint density at radius 1 is 1.19 bits per heavy atom. The van der Waals surface area contributed by atoms with Crippen molar-refractivity contribution < 1.29 is 0 Å². The summed E-state index contributed by atoms with van der Waals surface area (Å²) in [5.41, 5.74) is 7.55. The Morgan fingerprint density at radius 3 is 2.71 bits per heavy atom. The van der Waals surface area contributed by atoms with Gasteiger partial charge < -0.3 is 10.6 Å². The van der Waals surface area contributed by atoms with Crippen molar-refractivity contribution in [2.24, 2.45) is 0 Å². The average molecular weight is 298 g/mol. The Labute approximate surface area is 129 Å². The lowest BCUT2D eigenvalue weighted by Gasteiger charge is -2.33. The molecule has 108 valence electrons. The first-order chi connectivity index (χ1) is 10.3. The molecule has 0 atom stereocenters. The molecule has 1 aromatic heterocycles. The summed E-state index contributed by atoms with van der Waals surface area (Å²) in [6.45, 7) is 4.88. The van der Waals surface area contributed by atoms with Crippen molar-refractivity contribution >= 4 is 22.2 Å². The van der Waals surface area contributed by atoms with Gasteiger partial charge in [-0.15, -0.1) is 11.3 Å². The van der Waals surface area contributed by atoms with Gasteiger partial charge in [-0.05, 0) is 12.1 Å². The summed E-state index contributed by atoms with van der Waals surface area (Å²) >= 11 is 1.70. The molecule has 0 saturated carbocycles. The second kappa shape index (κ2) is 6.61. The summed E-state index contributed by atoms with van der Waals surface area (Å²) in [6.07, 6.45) is 1.86. The van der Waals surface area contributed by atoms with E-state index in [1.165, 1.54) is 0 Å². The summed E-state index contributed by atoms with van der Waals surface area (Å²) in [4.78, 5) is 9.07. The molecule has 1 fully saturated rings. The maximum Gasteiger partial charge on any atom is 0.185 e. The predicted molar refractivity (Wildman–Crippen MR) is 88.5 cm³/mol. The van der Waals surface area contributed by atoms with Crippen LogP contribution in [0, 0.1) is 11.8 Å². The standard InChI is InChI=1S/C16H18N4S/c17-15-6-2-1-4-14(15)5-3-8-19-9-11-20(12-10-19)16-18-7-13-21-16/h1-2,4,6-7,13H,8-12,17H2. The SMILES string of the molecule is Nc1ccccc1C#CCN1CCN(c2nccs2)CC1. The number of piperazine rings is 1. The smallest absolute Gasteiger partial charge is 0.185 e. The number of benzene rings is 1. The minimum absolute atomic E-state index is 0.749. The fourth-order valence-corrected chi connectivity index (χ4v) is 3.02. The molecule has 2 N–H and O–H groups in total. The Balaban J connectivity index is 1.51. The lowest BCUT2D eigenvalue weighted by atomic mass is 10.2. The second-order valence-corrected chi connectivity index (χ2v) is 5.84. The number of nitrogens with zero attached hydrogens (tertiary/aromatic N) is 3. The van der Waals surface area contributed by atoms with E-state index in [9.17, 15) is 0 Å². The van der Waals surface area contributed by atoms with Gasteiger partial charge in [0.2, 0.25) is 0 Å². The highest BCUT2D eigenvalue weighted by molar-refractivity contribution is 7.13. The van der Waals surface area contributed by atoms with E-state index in [4.69, 9.17) is 5.73 Å². The molecule has 0 radical (unpaired) electrons. The van der Waals surface area contributed by atoms with Crippen molar-refractivity contribution in [3.63, 3.8) is 0 Å². The lowest BCUT2D eigenvalue weighted by Crippen LogP contribution is -2.46. The topological polar surface area (TPSA) is 45.4 Å². The van der Waals surface area contributed by atoms with Gasteiger partial charge in [-0.2, -0.15) is 0 Å². The molecule has 5 heteroatoms. The fourth-order valence-electron chi connectivity index (χ4n) is 2.33. The highest BCUT2D eigenvalue weighted by atomic mass is 32.1. The minimum atomic E-state index is 0.749. The monoisotopic (exact) mass is 298 g/mol. The molecule has 0 spiro atoms. The first-order valence-corrected chi connectivity index (χ1v) is 7.91. The molecule has 1 aliphatic rings. The van der Waals surface area contributed by atoms with Gasteiger partial charge in [0, 0.05) is 49.0 Å². The van der Waals surface area contributed by atoms with Gasteiger partial charge in [-0.3, -0.25) is 4.90 Å². The summed E-state index contributed by atoms with van der Waals surface area (Å²) in [6, 6.07) is 7.74. The molecule has 3 rings (SSSR count). The number of nitrogen functional groups attached to an aromatic ring is 1. The maximum atomic E-state index is 5.88. The van der Waals surface area contributed by atoms with Crippen molar-refractivity contribution in [3.05, 3.63) is 41.4 Å². The lowest BCUT2D eigenvalue weighted by molar-refractivity contribution is 0.288. The van der Waals surface area contributed by atoms with Crippen LogP contribution in [0.25, 0.3) is 0 Å². The molecule has 1 aliphatic heterocycles. The molecule has 2 heterocycles. The zero-order valence-electron chi connectivity index (χ0n) is 11.8. The Kier molecular flexibility index (Phi) is 4.39. The van der Waals surface area contributed by atoms with Crippen molar-refractivity contribution in [1.82, 2.24) is 9.88 Å². The third-order valence-electron chi connectivity index (χ3n) is 3.55. The van der Waals surface area contributed by atoms with Crippen LogP contribution >= 0.6 is 11.3 Å². The van der Waals surface area contributed by atoms with Gasteiger partial charge >= 0.3 is 0 Å². The van der Waals surface area contributed by atoms with Crippen LogP contribution in [-0.4, -0.2) is 42.6 Å². The van der Waals surface area contributed by atoms with E-state index >= 15 is 0 Å². The summed E-state index contributed by atoms with van der Waals surface area (Å²) in [5, 5.41) is 3.15. The van der Waals surface area contributed by atoms with E-state index in [1.807, 2.05) is 35.8 Å². The van der Waals surface area contributed by atoms with Gasteiger partial charge in [-0.1, -0.05) is 24.0 Å². The van der Waals surface area contributed by atoms with E-state index in [0.29, 0.717) is 0 Å². The highest BCUT2D eigenvalue weighted by Crippen LogP contribution is 2.18. The van der Waals surface area contributed by atoms with Crippen LogP contribution in [-0.2, 0) is 0 Å². The molecule has 4 nitrogen and oxygen atoms in total. The van der Waals surface area contributed by atoms with Crippen molar-refractivity contribution in [2.75, 3.05) is 43.4 Å². The zero-order chi connectivity index (χ0) is 14.5. The van der Waals surface area contributed by atoms with Crippen molar-refractivity contribution in [3.8, 4) is 11.8 Å². The average Bonchev–Trinajstić information content (AvgIpc) is 3.04. The molecular weight excluding hydrogens is 280 g/mol. The van der Waals surface area contributed by atoms with E-state index in [-0.39, 0.29) is 0 Å². The van der Waals surface area contributed by atoms with Crippen molar-refractivity contribution in [1.29, 1.82) is 0 Å². The number of anilines is 2. The number of thiazole rings is 1. The van der Waals surface area contributed by atoms with Gasteiger partial charge in [0.1, 0.15) is 0 Å². The van der Waals surface area contributed by atoms with Crippen LogP contribution in [0.2, 0.25) is 0 Å². The molecule has 1 saturated heterocycles. The van der Waals surface area contributed by atoms with Gasteiger partial charge in [0.05, 0.1) is 6.54 Å². The normalized spacial score (nSPS) is 15.5. The molecule has 0 bridgehead atoms. The Bertz CT molecular complexity index is 634. The summed E-state index contributed by atoms with van der Waals surface area (Å²) < 4.78 is 0. The van der Waals surface area contributed by atoms with E-state index in [2.05, 4.69) is 26.6 Å². The Morgan fingerprint density at radius 2 is 2.00 bits per heavy atom. The minimum Gasteiger partial charge on any atom is -0.398 e. The van der Waals surface area contributed by atoms with E-state index in [1.54, 1.807) is 11.3 Å². The maximum absolute atomic E-state index is 5.88. The fraction of sp³-hybridized carbons (Fsp3) is 0.312. The summed E-state index contributed by atoms with van der Waals surface area (Å²) in [5.74, 6) is 6.38. The van der Waals surface area contributed by atoms with Crippen molar-refractivity contribution in [2.45, 2.75) is 0 Å². The molecule has 0 aliphatic carbocycles. The molecule has 0 amide bonds. The van der Waals surface area contributed by atoms with Crippen LogP contribution in [0.3, 0.4) is 0 Å². The largest absolute Gasteiger partial charge is 0.398 e. The number of hydrogen-bond acceptors (Lipinski definition) is 5. The van der Waals surface area contributed by atoms with Crippen LogP contribution in [0.4, 0.5) is 10.8 Å². The molecular formula is C16H18N4S. The molecule has 1 aromatic carbocycles. The van der Waals surface area contributed by atoms with E-state index < -0.39 is 0 Å². The third-order valence-corrected chi connectivity index (χ3v) is 4.38. The molecule has 0 unspecified atom stereocenters. The number of nitrogens with two attached hydrogens (primary N) is 1. The second-order valence-electron chi connectivity index (χ2n) is 4.97. The van der Waals surface area contributed by atoms with E-state index in [0.717, 1.165) is 49.1 Å². The van der Waals surface area contributed by atoms with Gasteiger partial charge in [0.25, 0.3) is 0 Å². The summed E-state index contributed by atoms with van der Waals surface area (Å²) in [7, 11) is 0. The van der Waals surface area contributed by atoms with Gasteiger partial charge in [0.15, 0.2) is 5.13 Å². The van der Waals surface area contributed by atoms with Crippen LogP contribution < -0.4 is 10.6 Å². The van der Waals surface area contributed by atoms with Crippen LogP contribution in [0.1, 0.15) is 5.56 Å². The molecule has 2 aromatic rings. The molecule has 21 heavy (non-hydrogen) atoms.